The molecule has 0 spiro atoms. The van der Waals surface area contributed by atoms with Crippen LogP contribution in [0.15, 0.2) is 69.2 Å². The predicted molar refractivity (Wildman–Crippen MR) is 111 cm³/mol. The molecule has 0 unspecified atom stereocenters. The van der Waals surface area contributed by atoms with Gasteiger partial charge in [-0.25, -0.2) is 14.4 Å². The molecular weight excluding hydrogens is 423 g/mol. The van der Waals surface area contributed by atoms with E-state index in [1.807, 2.05) is 30.3 Å². The smallest absolute Gasteiger partial charge is 0.293 e. The average molecular weight is 438 g/mol. The van der Waals surface area contributed by atoms with Crippen LogP contribution in [0.4, 0.5) is 10.2 Å². The number of thioether (sulfide) groups is 1. The van der Waals surface area contributed by atoms with E-state index >= 15 is 0 Å². The Labute approximate surface area is 179 Å². The summed E-state index contributed by atoms with van der Waals surface area (Å²) in [6, 6.07) is 15.3. The molecule has 12 heteroatoms. The van der Waals surface area contributed by atoms with E-state index in [9.17, 15) is 9.18 Å². The molecule has 2 aromatic carbocycles. The number of nitrogens with two attached hydrogens (primary N) is 1. The predicted octanol–water partition coefficient (Wildman–Crippen LogP) is 2.43. The molecule has 0 saturated heterocycles. The minimum atomic E-state index is -0.580. The van der Waals surface area contributed by atoms with Gasteiger partial charge in [0.2, 0.25) is 11.6 Å². The van der Waals surface area contributed by atoms with E-state index in [4.69, 9.17) is 5.73 Å². The molecule has 31 heavy (non-hydrogen) atoms. The Morgan fingerprint density at radius 1 is 1.19 bits per heavy atom. The number of hydrogen-bond donors (Lipinski definition) is 2. The number of nitrogens with one attached hydrogen (secondary N) is 1. The molecule has 0 radical (unpaired) electrons. The van der Waals surface area contributed by atoms with Crippen LogP contribution in [0.3, 0.4) is 0 Å². The fraction of sp³-hybridized carbons (Fsp3) is 0.0526. The number of hydrogen-bond acceptors (Lipinski definition) is 9. The first kappa shape index (κ1) is 20.2. The van der Waals surface area contributed by atoms with E-state index in [1.54, 1.807) is 0 Å². The highest BCUT2D eigenvalue weighted by Gasteiger charge is 2.23. The number of hydrazone groups is 1. The number of amides is 1. The summed E-state index contributed by atoms with van der Waals surface area (Å²) in [5.41, 5.74) is 9.27. The maximum atomic E-state index is 13.0. The number of nitrogen functional groups attached to an aromatic ring is 1. The number of rotatable bonds is 7. The van der Waals surface area contributed by atoms with Crippen molar-refractivity contribution in [2.75, 3.05) is 5.73 Å². The molecule has 0 bridgehead atoms. The van der Waals surface area contributed by atoms with Crippen LogP contribution in [-0.4, -0.2) is 37.4 Å². The third-order valence-electron chi connectivity index (χ3n) is 4.04. The highest BCUT2D eigenvalue weighted by Crippen LogP contribution is 2.25. The first-order valence-electron chi connectivity index (χ1n) is 8.91. The second-order valence-electron chi connectivity index (χ2n) is 6.12. The maximum Gasteiger partial charge on any atom is 0.293 e. The lowest BCUT2D eigenvalue weighted by Gasteiger charge is -2.05. The zero-order valence-electron chi connectivity index (χ0n) is 15.8. The summed E-state index contributed by atoms with van der Waals surface area (Å²) in [6.45, 7) is 0. The summed E-state index contributed by atoms with van der Waals surface area (Å²) in [6.07, 6.45) is 1.39. The van der Waals surface area contributed by atoms with Gasteiger partial charge in [0, 0.05) is 10.6 Å². The van der Waals surface area contributed by atoms with Crippen LogP contribution in [0.1, 0.15) is 21.7 Å². The quantitative estimate of drug-likeness (QED) is 0.255. The molecule has 10 nitrogen and oxygen atoms in total. The zero-order chi connectivity index (χ0) is 21.6. The van der Waals surface area contributed by atoms with Crippen molar-refractivity contribution in [3.63, 3.8) is 0 Å². The topological polar surface area (TPSA) is 137 Å². The molecule has 4 aromatic rings. The summed E-state index contributed by atoms with van der Waals surface area (Å²) in [7, 11) is 0. The van der Waals surface area contributed by atoms with Crippen molar-refractivity contribution in [1.29, 1.82) is 0 Å². The van der Waals surface area contributed by atoms with E-state index < -0.39 is 5.91 Å². The normalized spacial score (nSPS) is 11.1. The van der Waals surface area contributed by atoms with Crippen molar-refractivity contribution in [2.24, 2.45) is 5.10 Å². The van der Waals surface area contributed by atoms with Gasteiger partial charge in [0.1, 0.15) is 5.82 Å². The maximum absolute atomic E-state index is 13.0. The number of carbonyl (C=O) groups excluding carboxylic acids is 1. The van der Waals surface area contributed by atoms with Gasteiger partial charge in [0.25, 0.3) is 5.91 Å². The lowest BCUT2D eigenvalue weighted by molar-refractivity contribution is 0.0949. The minimum Gasteiger partial charge on any atom is -0.378 e. The summed E-state index contributed by atoms with van der Waals surface area (Å²) in [4.78, 5) is 13.7. The summed E-state index contributed by atoms with van der Waals surface area (Å²) >= 11 is 1.47. The highest BCUT2D eigenvalue weighted by atomic mass is 32.2. The third-order valence-corrected chi connectivity index (χ3v) is 5.07. The first-order chi connectivity index (χ1) is 15.1. The third kappa shape index (κ3) is 4.75. The molecule has 0 aliphatic rings. The second kappa shape index (κ2) is 9.17. The Balaban J connectivity index is 1.57. The number of anilines is 1. The molecule has 3 N–H and O–H groups in total. The molecule has 2 heterocycles. The Kier molecular flexibility index (Phi) is 5.98. The van der Waals surface area contributed by atoms with Crippen molar-refractivity contribution >= 4 is 29.7 Å². The molecule has 0 aliphatic carbocycles. The number of carbonyl (C=O) groups is 1. The molecule has 1 amide bonds. The molecule has 0 atom stereocenters. The zero-order valence-corrected chi connectivity index (χ0v) is 16.7. The number of halogens is 1. The van der Waals surface area contributed by atoms with Gasteiger partial charge in [-0.15, -0.1) is 16.9 Å². The standard InChI is InChI=1S/C19H15FN8O2S/c20-13-8-6-12(7-9-13)10-22-24-19(29)16-15(11-31-14-4-2-1-3-5-14)28(27-23-16)18-17(21)25-30-26-18/h1-10H,11H2,(H2,21,25)(H,24,29)/b22-10+. The summed E-state index contributed by atoms with van der Waals surface area (Å²) < 4.78 is 18.9. The largest absolute Gasteiger partial charge is 0.378 e. The molecule has 4 rings (SSSR count). The van der Waals surface area contributed by atoms with Gasteiger partial charge in [0.05, 0.1) is 11.9 Å². The van der Waals surface area contributed by atoms with E-state index in [2.05, 4.69) is 35.8 Å². The van der Waals surface area contributed by atoms with Gasteiger partial charge in [-0.05, 0) is 40.1 Å². The van der Waals surface area contributed by atoms with Gasteiger partial charge in [-0.2, -0.15) is 9.78 Å². The Morgan fingerprint density at radius 3 is 2.68 bits per heavy atom. The Bertz CT molecular complexity index is 1210. The fourth-order valence-corrected chi connectivity index (χ4v) is 3.46. The van der Waals surface area contributed by atoms with Crippen LogP contribution in [0.25, 0.3) is 5.82 Å². The van der Waals surface area contributed by atoms with Crippen LogP contribution in [0.5, 0.6) is 0 Å². The molecular formula is C19H15FN8O2S. The minimum absolute atomic E-state index is 0.0112. The number of benzene rings is 2. The Hall–Kier alpha value is -4.06. The van der Waals surface area contributed by atoms with Gasteiger partial charge in [-0.1, -0.05) is 35.5 Å². The lowest BCUT2D eigenvalue weighted by Crippen LogP contribution is -2.20. The monoisotopic (exact) mass is 438 g/mol. The lowest BCUT2D eigenvalue weighted by atomic mass is 10.2. The summed E-state index contributed by atoms with van der Waals surface area (Å²) in [5, 5.41) is 19.1. The van der Waals surface area contributed by atoms with Gasteiger partial charge < -0.3 is 5.73 Å². The number of aromatic nitrogens is 5. The molecule has 0 fully saturated rings. The molecule has 156 valence electrons. The second-order valence-corrected chi connectivity index (χ2v) is 7.17. The molecule has 2 aromatic heterocycles. The van der Waals surface area contributed by atoms with Crippen molar-refractivity contribution in [2.45, 2.75) is 10.6 Å². The van der Waals surface area contributed by atoms with Crippen LogP contribution in [0.2, 0.25) is 0 Å². The SMILES string of the molecule is Nc1nonc1-n1nnc(C(=O)N/N=C/c2ccc(F)cc2)c1CSc1ccccc1. The van der Waals surface area contributed by atoms with Gasteiger partial charge >= 0.3 is 0 Å². The highest BCUT2D eigenvalue weighted by molar-refractivity contribution is 7.98. The summed E-state index contributed by atoms with van der Waals surface area (Å²) in [5.74, 6) is -0.459. The Morgan fingerprint density at radius 2 is 1.97 bits per heavy atom. The fourth-order valence-electron chi connectivity index (χ4n) is 2.55. The van der Waals surface area contributed by atoms with Crippen molar-refractivity contribution in [1.82, 2.24) is 30.7 Å². The van der Waals surface area contributed by atoms with Crippen molar-refractivity contribution in [3.8, 4) is 5.82 Å². The van der Waals surface area contributed by atoms with Crippen molar-refractivity contribution in [3.05, 3.63) is 77.4 Å². The van der Waals surface area contributed by atoms with E-state index in [-0.39, 0.29) is 23.1 Å². The van der Waals surface area contributed by atoms with E-state index in [0.29, 0.717) is 17.0 Å². The van der Waals surface area contributed by atoms with Crippen LogP contribution >= 0.6 is 11.8 Å². The number of nitrogens with zero attached hydrogens (tertiary/aromatic N) is 6. The molecule has 0 saturated carbocycles. The average Bonchev–Trinajstić information content (AvgIpc) is 3.40. The van der Waals surface area contributed by atoms with E-state index in [1.165, 1.54) is 46.9 Å². The van der Waals surface area contributed by atoms with Gasteiger partial charge in [-0.3, -0.25) is 4.79 Å². The van der Waals surface area contributed by atoms with Crippen LogP contribution in [-0.2, 0) is 5.75 Å². The first-order valence-corrected chi connectivity index (χ1v) is 9.90. The van der Waals surface area contributed by atoms with Gasteiger partial charge in [0.15, 0.2) is 5.69 Å². The van der Waals surface area contributed by atoms with Crippen LogP contribution < -0.4 is 11.2 Å². The molecule has 0 aliphatic heterocycles. The van der Waals surface area contributed by atoms with Crippen LogP contribution in [0, 0.1) is 5.82 Å². The van der Waals surface area contributed by atoms with E-state index in [0.717, 1.165) is 4.90 Å². The van der Waals surface area contributed by atoms with Crippen molar-refractivity contribution < 1.29 is 13.8 Å².